The number of furan rings is 2. The van der Waals surface area contributed by atoms with Crippen LogP contribution in [0.2, 0.25) is 0 Å². The Labute approximate surface area is 410 Å². The average Bonchev–Trinajstić information content (AvgIpc) is 4.18. The molecule has 336 valence electrons. The summed E-state index contributed by atoms with van der Waals surface area (Å²) < 4.78 is 17.8. The molecule has 0 radical (unpaired) electrons. The van der Waals surface area contributed by atoms with Crippen molar-refractivity contribution in [2.75, 3.05) is 0 Å². The van der Waals surface area contributed by atoms with Gasteiger partial charge in [0, 0.05) is 54.6 Å². The average molecular weight is 911 g/mol. The van der Waals surface area contributed by atoms with Crippen molar-refractivity contribution in [3.63, 3.8) is 0 Å². The second-order valence-corrected chi connectivity index (χ2v) is 18.7. The van der Waals surface area contributed by atoms with E-state index in [2.05, 4.69) is 253 Å². The lowest BCUT2D eigenvalue weighted by Gasteiger charge is -2.09. The number of hydrogen-bond acceptors (Lipinski definition) is 2. The first kappa shape index (κ1) is 40.9. The largest absolute Gasteiger partial charge is 0.456 e. The van der Waals surface area contributed by atoms with Gasteiger partial charge >= 0.3 is 0 Å². The highest BCUT2D eigenvalue weighted by Gasteiger charge is 2.19. The topological polar surface area (TPSA) is 36.1 Å². The Morgan fingerprint density at radius 1 is 0.352 bits per heavy atom. The lowest BCUT2D eigenvalue weighted by atomic mass is 9.99. The third-order valence-corrected chi connectivity index (χ3v) is 14.6. The van der Waals surface area contributed by atoms with Crippen LogP contribution in [0.1, 0.15) is 23.8 Å². The summed E-state index contributed by atoms with van der Waals surface area (Å²) >= 11 is 0. The van der Waals surface area contributed by atoms with E-state index < -0.39 is 0 Å². The van der Waals surface area contributed by atoms with Crippen LogP contribution in [0, 0.1) is 0 Å². The minimum Gasteiger partial charge on any atom is -0.456 e. The zero-order valence-corrected chi connectivity index (χ0v) is 39.1. The summed E-state index contributed by atoms with van der Waals surface area (Å²) in [6.45, 7) is 2.22. The molecule has 4 aromatic heterocycles. The second-order valence-electron chi connectivity index (χ2n) is 18.7. The van der Waals surface area contributed by atoms with Gasteiger partial charge in [-0.2, -0.15) is 0 Å². The van der Waals surface area contributed by atoms with E-state index in [4.69, 9.17) is 8.83 Å². The Hall–Kier alpha value is -9.12. The highest BCUT2D eigenvalue weighted by molar-refractivity contribution is 6.13. The third kappa shape index (κ3) is 6.82. The van der Waals surface area contributed by atoms with Crippen molar-refractivity contribution < 1.29 is 8.83 Å². The van der Waals surface area contributed by atoms with Crippen LogP contribution in [0.3, 0.4) is 0 Å². The van der Waals surface area contributed by atoms with Crippen molar-refractivity contribution in [2.45, 2.75) is 19.8 Å². The van der Waals surface area contributed by atoms with Crippen LogP contribution < -0.4 is 0 Å². The number of benzene rings is 10. The predicted octanol–water partition coefficient (Wildman–Crippen LogP) is 18.3. The first-order valence-corrected chi connectivity index (χ1v) is 24.6. The molecule has 71 heavy (non-hydrogen) atoms. The fraction of sp³-hybridized carbons (Fsp3) is 0.0448. The van der Waals surface area contributed by atoms with Gasteiger partial charge in [0.1, 0.15) is 22.5 Å². The molecule has 0 atom stereocenters. The van der Waals surface area contributed by atoms with E-state index in [0.29, 0.717) is 0 Å². The van der Waals surface area contributed by atoms with Gasteiger partial charge in [0.2, 0.25) is 0 Å². The smallest absolute Gasteiger partial charge is 0.135 e. The molecule has 0 fully saturated rings. The molecule has 0 saturated carbocycles. The molecular formula is C67H46N2O2. The van der Waals surface area contributed by atoms with Crippen LogP contribution in [-0.2, 0) is 12.8 Å². The Morgan fingerprint density at radius 3 is 1.44 bits per heavy atom. The molecule has 14 aromatic rings. The Balaban J connectivity index is 0.764. The summed E-state index contributed by atoms with van der Waals surface area (Å²) in [7, 11) is 0. The first-order valence-electron chi connectivity index (χ1n) is 24.6. The number of para-hydroxylation sites is 2. The number of allylic oxidation sites excluding steroid dienone is 1. The zero-order chi connectivity index (χ0) is 47.0. The van der Waals surface area contributed by atoms with Crippen LogP contribution in [0.25, 0.3) is 127 Å². The minimum atomic E-state index is 0.775. The van der Waals surface area contributed by atoms with Crippen LogP contribution in [-0.4, -0.2) is 9.13 Å². The fourth-order valence-electron chi connectivity index (χ4n) is 11.2. The quantitative estimate of drug-likeness (QED) is 0.145. The summed E-state index contributed by atoms with van der Waals surface area (Å²) in [5.41, 5.74) is 19.3. The lowest BCUT2D eigenvalue weighted by molar-refractivity contribution is 0.599. The van der Waals surface area contributed by atoms with E-state index in [9.17, 15) is 0 Å². The van der Waals surface area contributed by atoms with Gasteiger partial charge in [-0.05, 0) is 143 Å². The number of rotatable bonds is 9. The van der Waals surface area contributed by atoms with E-state index >= 15 is 0 Å². The van der Waals surface area contributed by atoms with Crippen molar-refractivity contribution in [1.82, 2.24) is 9.13 Å². The van der Waals surface area contributed by atoms with E-state index in [1.54, 1.807) is 0 Å². The number of fused-ring (bicyclic) bond motifs is 10. The SMILES string of the molecule is CCc1c(/C=C\Cc2cccc(-c3ccc4oc5ccc(-n6c7ccccc7c7cc(-c8ccccc8)ccc76)cc5c4c3)c2)oc2ccc(-n3c4ccccc4c4cc(-c5ccccc5)ccc43)cc12. The van der Waals surface area contributed by atoms with Crippen molar-refractivity contribution in [3.05, 3.63) is 247 Å². The van der Waals surface area contributed by atoms with Crippen LogP contribution in [0.15, 0.2) is 239 Å². The van der Waals surface area contributed by atoms with E-state index in [1.807, 2.05) is 0 Å². The highest BCUT2D eigenvalue weighted by atomic mass is 16.3. The number of hydrogen-bond donors (Lipinski definition) is 0. The summed E-state index contributed by atoms with van der Waals surface area (Å²) in [6.07, 6.45) is 6.04. The molecule has 0 spiro atoms. The summed E-state index contributed by atoms with van der Waals surface area (Å²) in [4.78, 5) is 0. The van der Waals surface area contributed by atoms with E-state index in [0.717, 1.165) is 68.4 Å². The monoisotopic (exact) mass is 910 g/mol. The molecular weight excluding hydrogens is 865 g/mol. The van der Waals surface area contributed by atoms with Crippen molar-refractivity contribution in [3.8, 4) is 44.8 Å². The number of nitrogens with zero attached hydrogens (tertiary/aromatic N) is 2. The molecule has 0 bridgehead atoms. The maximum absolute atomic E-state index is 6.59. The third-order valence-electron chi connectivity index (χ3n) is 14.6. The van der Waals surface area contributed by atoms with Crippen LogP contribution in [0.5, 0.6) is 0 Å². The summed E-state index contributed by atoms with van der Waals surface area (Å²) in [6, 6.07) is 81.0. The lowest BCUT2D eigenvalue weighted by Crippen LogP contribution is -1.94. The van der Waals surface area contributed by atoms with Crippen molar-refractivity contribution >= 4 is 82.6 Å². The van der Waals surface area contributed by atoms with Gasteiger partial charge in [0.05, 0.1) is 22.1 Å². The molecule has 0 unspecified atom stereocenters. The van der Waals surface area contributed by atoms with Gasteiger partial charge in [0.15, 0.2) is 0 Å². The van der Waals surface area contributed by atoms with E-state index in [1.165, 1.54) is 82.6 Å². The second kappa shape index (κ2) is 16.5. The molecule has 0 aliphatic heterocycles. The molecule has 4 nitrogen and oxygen atoms in total. The van der Waals surface area contributed by atoms with Gasteiger partial charge in [-0.25, -0.2) is 0 Å². The Bertz CT molecular complexity index is 4410. The first-order chi connectivity index (χ1) is 35.1. The maximum atomic E-state index is 6.59. The molecule has 4 heterocycles. The molecule has 0 saturated heterocycles. The van der Waals surface area contributed by atoms with Gasteiger partial charge < -0.3 is 18.0 Å². The van der Waals surface area contributed by atoms with E-state index in [-0.39, 0.29) is 0 Å². The molecule has 0 aliphatic carbocycles. The predicted molar refractivity (Wildman–Crippen MR) is 297 cm³/mol. The number of aryl methyl sites for hydroxylation is 1. The summed E-state index contributed by atoms with van der Waals surface area (Å²) in [5, 5.41) is 8.32. The Morgan fingerprint density at radius 2 is 0.817 bits per heavy atom. The maximum Gasteiger partial charge on any atom is 0.135 e. The van der Waals surface area contributed by atoms with Gasteiger partial charge in [-0.3, -0.25) is 0 Å². The standard InChI is InChI=1S/C67H46N2O2/c1-2-52-58-41-50(68-60-24-11-9-22-53(60)55-38-47(27-32-62(55)68)44-17-5-3-6-18-44)30-35-66(58)70-64(52)26-14-16-43-15-13-21-46(37-43)49-29-34-65-57(40-49)59-42-51(31-36-67(59)71-65)69-61-25-12-10-23-54(61)56-39-48(28-33-63(56)69)45-19-7-4-8-20-45/h3-15,17-42H,2,16H2,1H3/b26-14-. The van der Waals surface area contributed by atoms with Gasteiger partial charge in [-0.15, -0.1) is 0 Å². The zero-order valence-electron chi connectivity index (χ0n) is 39.1. The fourth-order valence-corrected chi connectivity index (χ4v) is 11.2. The molecule has 0 amide bonds. The molecule has 4 heteroatoms. The minimum absolute atomic E-state index is 0.775. The number of aromatic nitrogens is 2. The van der Waals surface area contributed by atoms with Gasteiger partial charge in [0.25, 0.3) is 0 Å². The van der Waals surface area contributed by atoms with Crippen LogP contribution >= 0.6 is 0 Å². The molecule has 0 aliphatic rings. The Kier molecular flexibility index (Phi) is 9.53. The normalized spacial score (nSPS) is 12.1. The molecule has 10 aromatic carbocycles. The molecule has 14 rings (SSSR count). The van der Waals surface area contributed by atoms with Crippen molar-refractivity contribution in [2.24, 2.45) is 0 Å². The van der Waals surface area contributed by atoms with Crippen molar-refractivity contribution in [1.29, 1.82) is 0 Å². The highest BCUT2D eigenvalue weighted by Crippen LogP contribution is 2.40. The molecule has 0 N–H and O–H groups in total. The summed E-state index contributed by atoms with van der Waals surface area (Å²) in [5.74, 6) is 0.917. The van der Waals surface area contributed by atoms with Gasteiger partial charge in [-0.1, -0.05) is 153 Å². The van der Waals surface area contributed by atoms with Crippen LogP contribution in [0.4, 0.5) is 0 Å².